The molecular weight excluding hydrogens is 310 g/mol. The van der Waals surface area contributed by atoms with Gasteiger partial charge in [-0.2, -0.15) is 4.98 Å². The molecule has 23 heavy (non-hydrogen) atoms. The van der Waals surface area contributed by atoms with Gasteiger partial charge in [-0.3, -0.25) is 4.79 Å². The van der Waals surface area contributed by atoms with Crippen molar-refractivity contribution in [1.82, 2.24) is 15.0 Å². The van der Waals surface area contributed by atoms with Gasteiger partial charge in [-0.15, -0.1) is 11.3 Å². The first-order valence-corrected chi connectivity index (χ1v) is 9.18. The molecule has 2 aromatic rings. The Bertz CT molecular complexity index is 723. The molecule has 6 heteroatoms. The summed E-state index contributed by atoms with van der Waals surface area (Å²) in [6.45, 7) is 4.92. The van der Waals surface area contributed by atoms with Gasteiger partial charge in [0.2, 0.25) is 11.8 Å². The Morgan fingerprint density at radius 1 is 1.48 bits per heavy atom. The predicted molar refractivity (Wildman–Crippen MR) is 87.3 cm³/mol. The minimum absolute atomic E-state index is 0.00197. The Kier molecular flexibility index (Phi) is 3.71. The lowest BCUT2D eigenvalue weighted by Gasteiger charge is -2.22. The van der Waals surface area contributed by atoms with Crippen LogP contribution in [0.25, 0.3) is 0 Å². The normalized spacial score (nSPS) is 26.7. The minimum atomic E-state index is -0.00197. The molecule has 4 rings (SSSR count). The highest BCUT2D eigenvalue weighted by atomic mass is 32.1. The maximum atomic E-state index is 12.9. The van der Waals surface area contributed by atoms with Crippen molar-refractivity contribution in [3.63, 3.8) is 0 Å². The van der Waals surface area contributed by atoms with Gasteiger partial charge in [-0.05, 0) is 38.3 Å². The van der Waals surface area contributed by atoms with Crippen LogP contribution in [-0.4, -0.2) is 27.5 Å². The van der Waals surface area contributed by atoms with Crippen LogP contribution in [0.2, 0.25) is 0 Å². The van der Waals surface area contributed by atoms with Crippen molar-refractivity contribution in [3.8, 4) is 0 Å². The maximum Gasteiger partial charge on any atom is 0.226 e. The fourth-order valence-electron chi connectivity index (χ4n) is 3.49. The Morgan fingerprint density at radius 2 is 2.35 bits per heavy atom. The summed E-state index contributed by atoms with van der Waals surface area (Å²) in [4.78, 5) is 22.0. The van der Waals surface area contributed by atoms with Crippen molar-refractivity contribution in [2.24, 2.45) is 5.92 Å². The van der Waals surface area contributed by atoms with Crippen molar-refractivity contribution in [2.75, 3.05) is 6.54 Å². The standard InChI is InChI=1S/C17H21N3O2S/c1-3-15-18-16(19-22-15)13-5-4-8-20(13)17(21)12-9-11(12)14-7-6-10(2)23-14/h6-7,11-13H,3-5,8-9H2,1-2H3/t11-,12+,13-/m0/s1. The van der Waals surface area contributed by atoms with Crippen LogP contribution in [-0.2, 0) is 11.2 Å². The second-order valence-corrected chi connectivity index (χ2v) is 7.81. The summed E-state index contributed by atoms with van der Waals surface area (Å²) in [6, 6.07) is 4.31. The average Bonchev–Trinajstić information content (AvgIpc) is 2.96. The van der Waals surface area contributed by atoms with Crippen LogP contribution in [0, 0.1) is 12.8 Å². The Labute approximate surface area is 139 Å². The summed E-state index contributed by atoms with van der Waals surface area (Å²) < 4.78 is 5.23. The van der Waals surface area contributed by atoms with Gasteiger partial charge in [0, 0.05) is 34.6 Å². The molecule has 1 saturated carbocycles. The molecule has 1 aliphatic heterocycles. The molecule has 2 aromatic heterocycles. The highest BCUT2D eigenvalue weighted by Gasteiger charge is 2.48. The molecule has 1 amide bonds. The number of thiophene rings is 1. The van der Waals surface area contributed by atoms with Crippen molar-refractivity contribution in [1.29, 1.82) is 0 Å². The third-order valence-corrected chi connectivity index (χ3v) is 5.99. The summed E-state index contributed by atoms with van der Waals surface area (Å²) in [5.74, 6) is 2.16. The zero-order chi connectivity index (χ0) is 16.0. The van der Waals surface area contributed by atoms with Gasteiger partial charge in [-0.1, -0.05) is 12.1 Å². The molecule has 3 atom stereocenters. The quantitative estimate of drug-likeness (QED) is 0.861. The lowest BCUT2D eigenvalue weighted by atomic mass is 10.2. The molecule has 2 fully saturated rings. The van der Waals surface area contributed by atoms with E-state index in [9.17, 15) is 4.79 Å². The van der Waals surface area contributed by atoms with Crippen molar-refractivity contribution < 1.29 is 9.32 Å². The molecule has 1 saturated heterocycles. The van der Waals surface area contributed by atoms with E-state index in [4.69, 9.17) is 4.52 Å². The van der Waals surface area contributed by atoms with E-state index in [0.717, 1.165) is 32.2 Å². The van der Waals surface area contributed by atoms with Gasteiger partial charge in [0.1, 0.15) is 0 Å². The topological polar surface area (TPSA) is 59.2 Å². The van der Waals surface area contributed by atoms with Gasteiger partial charge in [0.05, 0.1) is 6.04 Å². The zero-order valence-corrected chi connectivity index (χ0v) is 14.3. The lowest BCUT2D eigenvalue weighted by molar-refractivity contribution is -0.133. The number of aromatic nitrogens is 2. The zero-order valence-electron chi connectivity index (χ0n) is 13.5. The van der Waals surface area contributed by atoms with Gasteiger partial charge in [-0.25, -0.2) is 0 Å². The van der Waals surface area contributed by atoms with Crippen LogP contribution >= 0.6 is 11.3 Å². The third-order valence-electron chi connectivity index (χ3n) is 4.85. The van der Waals surface area contributed by atoms with Crippen LogP contribution in [0.15, 0.2) is 16.7 Å². The number of carbonyl (C=O) groups excluding carboxylic acids is 1. The molecule has 0 unspecified atom stereocenters. The van der Waals surface area contributed by atoms with Crippen LogP contribution in [0.1, 0.15) is 59.6 Å². The fourth-order valence-corrected chi connectivity index (χ4v) is 4.55. The maximum absolute atomic E-state index is 12.9. The van der Waals surface area contributed by atoms with E-state index in [1.807, 2.05) is 23.2 Å². The Morgan fingerprint density at radius 3 is 3.04 bits per heavy atom. The van der Waals surface area contributed by atoms with E-state index in [0.29, 0.717) is 17.6 Å². The number of rotatable bonds is 4. The third kappa shape index (κ3) is 2.69. The molecule has 5 nitrogen and oxygen atoms in total. The largest absolute Gasteiger partial charge is 0.339 e. The smallest absolute Gasteiger partial charge is 0.226 e. The number of likely N-dealkylation sites (tertiary alicyclic amines) is 1. The second-order valence-electron chi connectivity index (χ2n) is 6.49. The molecule has 1 aliphatic carbocycles. The van der Waals surface area contributed by atoms with Crippen molar-refractivity contribution in [2.45, 2.75) is 51.5 Å². The first kappa shape index (κ1) is 14.9. The predicted octanol–water partition coefficient (Wildman–Crippen LogP) is 3.47. The van der Waals surface area contributed by atoms with Gasteiger partial charge in [0.15, 0.2) is 5.82 Å². The van der Waals surface area contributed by atoms with E-state index in [2.05, 4.69) is 29.2 Å². The monoisotopic (exact) mass is 331 g/mol. The summed E-state index contributed by atoms with van der Waals surface area (Å²) in [5.41, 5.74) is 0. The Hall–Kier alpha value is -1.69. The SMILES string of the molecule is CCc1nc([C@@H]2CCCN2C(=O)[C@@H]2C[C@@H]2c2ccc(C)s2)no1. The molecule has 0 N–H and O–H groups in total. The van der Waals surface area contributed by atoms with E-state index in [-0.39, 0.29) is 17.9 Å². The van der Waals surface area contributed by atoms with E-state index in [1.54, 1.807) is 0 Å². The van der Waals surface area contributed by atoms with Crippen LogP contribution in [0.5, 0.6) is 0 Å². The molecule has 122 valence electrons. The molecular formula is C17H21N3O2S. The van der Waals surface area contributed by atoms with Crippen LogP contribution in [0.4, 0.5) is 0 Å². The van der Waals surface area contributed by atoms with Gasteiger partial charge >= 0.3 is 0 Å². The minimum Gasteiger partial charge on any atom is -0.339 e. The molecule has 0 aromatic carbocycles. The van der Waals surface area contributed by atoms with E-state index >= 15 is 0 Å². The number of amides is 1. The summed E-state index contributed by atoms with van der Waals surface area (Å²) in [5, 5.41) is 4.08. The summed E-state index contributed by atoms with van der Waals surface area (Å²) in [6.07, 6.45) is 3.66. The van der Waals surface area contributed by atoms with Crippen molar-refractivity contribution in [3.05, 3.63) is 33.6 Å². The molecule has 2 aliphatic rings. The van der Waals surface area contributed by atoms with Gasteiger partial charge < -0.3 is 9.42 Å². The second kappa shape index (κ2) is 5.74. The first-order chi connectivity index (χ1) is 11.2. The number of hydrogen-bond acceptors (Lipinski definition) is 5. The average molecular weight is 331 g/mol. The van der Waals surface area contributed by atoms with E-state index in [1.165, 1.54) is 9.75 Å². The molecule has 0 bridgehead atoms. The lowest BCUT2D eigenvalue weighted by Crippen LogP contribution is -2.32. The van der Waals surface area contributed by atoms with Gasteiger partial charge in [0.25, 0.3) is 0 Å². The highest BCUT2D eigenvalue weighted by Crippen LogP contribution is 2.51. The summed E-state index contributed by atoms with van der Waals surface area (Å²) >= 11 is 1.82. The fraction of sp³-hybridized carbons (Fsp3) is 0.588. The van der Waals surface area contributed by atoms with E-state index < -0.39 is 0 Å². The number of carbonyl (C=O) groups is 1. The number of nitrogens with zero attached hydrogens (tertiary/aromatic N) is 3. The number of aryl methyl sites for hydroxylation is 2. The van der Waals surface area contributed by atoms with Crippen molar-refractivity contribution >= 4 is 17.2 Å². The van der Waals surface area contributed by atoms with Crippen LogP contribution in [0.3, 0.4) is 0 Å². The number of hydrogen-bond donors (Lipinski definition) is 0. The first-order valence-electron chi connectivity index (χ1n) is 8.36. The molecule has 3 heterocycles. The summed E-state index contributed by atoms with van der Waals surface area (Å²) in [7, 11) is 0. The molecule has 0 radical (unpaired) electrons. The molecule has 0 spiro atoms. The highest BCUT2D eigenvalue weighted by molar-refractivity contribution is 7.12. The Balaban J connectivity index is 1.47. The van der Waals surface area contributed by atoms with Crippen LogP contribution < -0.4 is 0 Å².